The largest absolute Gasteiger partial charge is 0.395 e. The smallest absolute Gasteiger partial charge is 0.142 e. The van der Waals surface area contributed by atoms with Crippen molar-refractivity contribution in [1.29, 1.82) is 0 Å². The minimum absolute atomic E-state index is 0.0460. The van der Waals surface area contributed by atoms with Crippen LogP contribution in [0.1, 0.15) is 5.56 Å². The number of aliphatic hydroxyl groups excluding tert-OH is 1. The van der Waals surface area contributed by atoms with Crippen molar-refractivity contribution in [2.45, 2.75) is 13.1 Å². The van der Waals surface area contributed by atoms with E-state index in [0.29, 0.717) is 28.9 Å². The van der Waals surface area contributed by atoms with Crippen LogP contribution in [0.25, 0.3) is 22.4 Å². The molecular weight excluding hydrogens is 401 g/mol. The highest BCUT2D eigenvalue weighted by atomic mass is 79.9. The zero-order chi connectivity index (χ0) is 18.1. The maximum atomic E-state index is 13.9. The molecule has 0 unspecified atom stereocenters. The van der Waals surface area contributed by atoms with Crippen molar-refractivity contribution in [2.75, 3.05) is 6.61 Å². The molecule has 3 aromatic heterocycles. The van der Waals surface area contributed by atoms with E-state index in [-0.39, 0.29) is 12.4 Å². The number of fused-ring (bicyclic) bond motifs is 1. The number of hydrogen-bond donors (Lipinski definition) is 1. The molecule has 0 fully saturated rings. The zero-order valence-corrected chi connectivity index (χ0v) is 15.3. The molecule has 0 atom stereocenters. The van der Waals surface area contributed by atoms with Gasteiger partial charge in [-0.25, -0.2) is 14.4 Å². The molecule has 4 aromatic rings. The molecule has 132 valence electrons. The van der Waals surface area contributed by atoms with E-state index in [1.54, 1.807) is 31.0 Å². The molecule has 0 radical (unpaired) electrons. The van der Waals surface area contributed by atoms with Gasteiger partial charge in [-0.1, -0.05) is 0 Å². The molecule has 0 amide bonds. The molecule has 0 bridgehead atoms. The van der Waals surface area contributed by atoms with E-state index in [1.807, 2.05) is 21.4 Å². The van der Waals surface area contributed by atoms with Gasteiger partial charge in [-0.3, -0.25) is 4.98 Å². The van der Waals surface area contributed by atoms with Gasteiger partial charge in [0, 0.05) is 43.0 Å². The number of imidazole rings is 2. The Morgan fingerprint density at radius 1 is 1.15 bits per heavy atom. The minimum Gasteiger partial charge on any atom is -0.395 e. The second kappa shape index (κ2) is 6.97. The first-order valence-corrected chi connectivity index (χ1v) is 8.81. The Morgan fingerprint density at radius 2 is 2.04 bits per heavy atom. The Bertz CT molecular complexity index is 1060. The van der Waals surface area contributed by atoms with Gasteiger partial charge in [0.1, 0.15) is 11.6 Å². The fraction of sp³-hybridized carbons (Fsp3) is 0.167. The highest BCUT2D eigenvalue weighted by Gasteiger charge is 2.15. The van der Waals surface area contributed by atoms with E-state index < -0.39 is 0 Å². The zero-order valence-electron chi connectivity index (χ0n) is 13.7. The van der Waals surface area contributed by atoms with Crippen LogP contribution >= 0.6 is 15.9 Å². The van der Waals surface area contributed by atoms with Crippen molar-refractivity contribution in [2.24, 2.45) is 0 Å². The van der Waals surface area contributed by atoms with E-state index in [2.05, 4.69) is 30.9 Å². The van der Waals surface area contributed by atoms with Gasteiger partial charge >= 0.3 is 0 Å². The van der Waals surface area contributed by atoms with Crippen LogP contribution in [0.4, 0.5) is 4.39 Å². The summed E-state index contributed by atoms with van der Waals surface area (Å²) in [4.78, 5) is 12.9. The summed E-state index contributed by atoms with van der Waals surface area (Å²) in [6, 6.07) is 5.06. The second-order valence-electron chi connectivity index (χ2n) is 5.88. The number of aliphatic hydroxyl groups is 1. The summed E-state index contributed by atoms with van der Waals surface area (Å²) in [6.45, 7) is 0.951. The average molecular weight is 416 g/mol. The molecule has 1 aromatic carbocycles. The van der Waals surface area contributed by atoms with Crippen LogP contribution in [-0.2, 0) is 13.1 Å². The van der Waals surface area contributed by atoms with Gasteiger partial charge in [0.15, 0.2) is 0 Å². The first-order chi connectivity index (χ1) is 12.7. The summed E-state index contributed by atoms with van der Waals surface area (Å²) in [6.07, 6.45) is 8.86. The number of hydrogen-bond acceptors (Lipinski definition) is 4. The van der Waals surface area contributed by atoms with Crippen molar-refractivity contribution in [3.05, 3.63) is 65.2 Å². The number of rotatable bonds is 5. The molecule has 0 spiro atoms. The normalized spacial score (nSPS) is 11.3. The molecule has 6 nitrogen and oxygen atoms in total. The Kier molecular flexibility index (Phi) is 4.52. The number of halogens is 2. The van der Waals surface area contributed by atoms with Crippen molar-refractivity contribution in [3.63, 3.8) is 0 Å². The van der Waals surface area contributed by atoms with Crippen molar-refractivity contribution in [1.82, 2.24) is 24.1 Å². The lowest BCUT2D eigenvalue weighted by Crippen LogP contribution is -2.05. The molecule has 4 rings (SSSR count). The lowest BCUT2D eigenvalue weighted by molar-refractivity contribution is 0.278. The SMILES string of the molecule is OCCn1c(-c2cncc(Cn3ccnc3)c2)nc2cc(F)c(Br)cc21. The minimum atomic E-state index is -0.371. The van der Waals surface area contributed by atoms with E-state index in [0.717, 1.165) is 16.6 Å². The Labute approximate surface area is 157 Å². The molecule has 1 N–H and O–H groups in total. The molecule has 0 aliphatic rings. The van der Waals surface area contributed by atoms with Crippen LogP contribution in [-0.4, -0.2) is 35.8 Å². The van der Waals surface area contributed by atoms with Crippen LogP contribution in [0.3, 0.4) is 0 Å². The Morgan fingerprint density at radius 3 is 2.81 bits per heavy atom. The third-order valence-corrected chi connectivity index (χ3v) is 4.70. The third kappa shape index (κ3) is 3.13. The number of benzene rings is 1. The summed E-state index contributed by atoms with van der Waals surface area (Å²) in [5, 5.41) is 9.46. The Balaban J connectivity index is 1.81. The monoisotopic (exact) mass is 415 g/mol. The molecule has 0 saturated carbocycles. The summed E-state index contributed by atoms with van der Waals surface area (Å²) in [5.41, 5.74) is 3.09. The summed E-state index contributed by atoms with van der Waals surface area (Å²) >= 11 is 3.21. The topological polar surface area (TPSA) is 68.8 Å². The average Bonchev–Trinajstić information content (AvgIpc) is 3.25. The molecular formula is C18H15BrFN5O. The quantitative estimate of drug-likeness (QED) is 0.543. The van der Waals surface area contributed by atoms with Gasteiger partial charge < -0.3 is 14.2 Å². The van der Waals surface area contributed by atoms with Gasteiger partial charge in [-0.05, 0) is 33.6 Å². The molecule has 26 heavy (non-hydrogen) atoms. The highest BCUT2D eigenvalue weighted by Crippen LogP contribution is 2.29. The standard InChI is InChI=1S/C18H15BrFN5O/c19-14-6-17-16(7-15(14)20)23-18(25(17)3-4-26)13-5-12(8-22-9-13)10-24-2-1-21-11-24/h1-2,5-9,11,26H,3-4,10H2. The first-order valence-electron chi connectivity index (χ1n) is 8.02. The summed E-state index contributed by atoms with van der Waals surface area (Å²) in [7, 11) is 0. The van der Waals surface area contributed by atoms with Gasteiger partial charge in [0.2, 0.25) is 0 Å². The maximum Gasteiger partial charge on any atom is 0.142 e. The fourth-order valence-electron chi connectivity index (χ4n) is 2.95. The summed E-state index contributed by atoms with van der Waals surface area (Å²) < 4.78 is 18.1. The van der Waals surface area contributed by atoms with E-state index in [1.165, 1.54) is 6.07 Å². The maximum absolute atomic E-state index is 13.9. The van der Waals surface area contributed by atoms with Crippen LogP contribution in [0.15, 0.2) is 53.8 Å². The lowest BCUT2D eigenvalue weighted by atomic mass is 10.2. The van der Waals surface area contributed by atoms with E-state index in [4.69, 9.17) is 0 Å². The van der Waals surface area contributed by atoms with Gasteiger partial charge in [0.05, 0.1) is 35.0 Å². The van der Waals surface area contributed by atoms with Crippen LogP contribution < -0.4 is 0 Å². The third-order valence-electron chi connectivity index (χ3n) is 4.09. The van der Waals surface area contributed by atoms with E-state index >= 15 is 0 Å². The van der Waals surface area contributed by atoms with Crippen molar-refractivity contribution in [3.8, 4) is 11.4 Å². The fourth-order valence-corrected chi connectivity index (χ4v) is 3.29. The molecule has 0 saturated heterocycles. The highest BCUT2D eigenvalue weighted by molar-refractivity contribution is 9.10. The van der Waals surface area contributed by atoms with Gasteiger partial charge in [0.25, 0.3) is 0 Å². The number of pyridine rings is 1. The van der Waals surface area contributed by atoms with Crippen LogP contribution in [0.5, 0.6) is 0 Å². The van der Waals surface area contributed by atoms with Crippen molar-refractivity contribution < 1.29 is 9.50 Å². The van der Waals surface area contributed by atoms with E-state index in [9.17, 15) is 9.50 Å². The van der Waals surface area contributed by atoms with Gasteiger partial charge in [-0.2, -0.15) is 0 Å². The van der Waals surface area contributed by atoms with Crippen molar-refractivity contribution >= 4 is 27.0 Å². The van der Waals surface area contributed by atoms with Crippen LogP contribution in [0.2, 0.25) is 0 Å². The molecule has 3 heterocycles. The lowest BCUT2D eigenvalue weighted by Gasteiger charge is -2.09. The molecule has 0 aliphatic heterocycles. The first kappa shape index (κ1) is 16.9. The molecule has 8 heteroatoms. The number of nitrogens with zero attached hydrogens (tertiary/aromatic N) is 5. The Hall–Kier alpha value is -2.58. The summed E-state index contributed by atoms with van der Waals surface area (Å²) in [5.74, 6) is 0.274. The predicted octanol–water partition coefficient (Wildman–Crippen LogP) is 3.24. The predicted molar refractivity (Wildman–Crippen MR) is 99.0 cm³/mol. The second-order valence-corrected chi connectivity index (χ2v) is 6.74. The number of aromatic nitrogens is 5. The molecule has 0 aliphatic carbocycles. The van der Waals surface area contributed by atoms with Crippen LogP contribution in [0, 0.1) is 5.82 Å². The van der Waals surface area contributed by atoms with Gasteiger partial charge in [-0.15, -0.1) is 0 Å².